The molecule has 2 heterocycles. The SMILES string of the molecule is CCSc1cc(Oc2c(Cl)cc(-n3nc(C(F)F)c(=O)[nH]c3=O)cc2Cl)ncc1OCc1ccccc1. The highest BCUT2D eigenvalue weighted by atomic mass is 35.5. The van der Waals surface area contributed by atoms with Gasteiger partial charge in [-0.3, -0.25) is 9.78 Å². The Morgan fingerprint density at radius 3 is 2.46 bits per heavy atom. The highest BCUT2D eigenvalue weighted by Gasteiger charge is 2.20. The number of aromatic nitrogens is 4. The van der Waals surface area contributed by atoms with Gasteiger partial charge in [-0.05, 0) is 23.4 Å². The molecule has 0 saturated heterocycles. The Kier molecular flexibility index (Phi) is 8.47. The minimum Gasteiger partial charge on any atom is -0.486 e. The van der Waals surface area contributed by atoms with Gasteiger partial charge in [-0.2, -0.15) is 9.78 Å². The molecule has 37 heavy (non-hydrogen) atoms. The van der Waals surface area contributed by atoms with Gasteiger partial charge < -0.3 is 9.47 Å². The Hall–Kier alpha value is -3.41. The Morgan fingerprint density at radius 2 is 1.81 bits per heavy atom. The summed E-state index contributed by atoms with van der Waals surface area (Å²) >= 11 is 14.2. The van der Waals surface area contributed by atoms with Crippen molar-refractivity contribution in [3.05, 3.63) is 96.9 Å². The standard InChI is InChI=1S/C24H18Cl2F2N4O4S/c1-2-37-18-10-19(29-11-17(18)35-12-13-6-4-3-5-7-13)36-21-15(25)8-14(9-16(21)26)32-24(34)30-23(33)20(31-32)22(27)28/h3-11,22H,2,12H2,1H3,(H,30,33,34). The first kappa shape index (κ1) is 26.6. The Balaban J connectivity index is 1.61. The lowest BCUT2D eigenvalue weighted by molar-refractivity contribution is 0.141. The molecular formula is C24H18Cl2F2N4O4S. The molecule has 0 aliphatic heterocycles. The third kappa shape index (κ3) is 6.30. The predicted molar refractivity (Wildman–Crippen MR) is 137 cm³/mol. The van der Waals surface area contributed by atoms with E-state index >= 15 is 0 Å². The zero-order valence-electron chi connectivity index (χ0n) is 19.1. The van der Waals surface area contributed by atoms with Crippen molar-refractivity contribution in [2.24, 2.45) is 0 Å². The van der Waals surface area contributed by atoms with Crippen molar-refractivity contribution < 1.29 is 18.3 Å². The fraction of sp³-hybridized carbons (Fsp3) is 0.167. The maximum Gasteiger partial charge on any atom is 0.349 e. The summed E-state index contributed by atoms with van der Waals surface area (Å²) in [6.45, 7) is 2.36. The molecule has 13 heteroatoms. The van der Waals surface area contributed by atoms with Crippen molar-refractivity contribution in [1.82, 2.24) is 19.7 Å². The van der Waals surface area contributed by atoms with Crippen LogP contribution in [0.3, 0.4) is 0 Å². The normalized spacial score (nSPS) is 11.1. The Morgan fingerprint density at radius 1 is 1.11 bits per heavy atom. The van der Waals surface area contributed by atoms with E-state index in [0.717, 1.165) is 16.2 Å². The molecule has 0 atom stereocenters. The number of rotatable bonds is 9. The predicted octanol–water partition coefficient (Wildman–Crippen LogP) is 6.04. The fourth-order valence-electron chi connectivity index (χ4n) is 3.18. The minimum atomic E-state index is -3.19. The van der Waals surface area contributed by atoms with Crippen LogP contribution in [-0.2, 0) is 6.61 Å². The van der Waals surface area contributed by atoms with Gasteiger partial charge in [-0.1, -0.05) is 60.5 Å². The summed E-state index contributed by atoms with van der Waals surface area (Å²) in [5, 5.41) is 3.35. The summed E-state index contributed by atoms with van der Waals surface area (Å²) in [5.74, 6) is 1.55. The fourth-order valence-corrected chi connectivity index (χ4v) is 4.48. The summed E-state index contributed by atoms with van der Waals surface area (Å²) in [4.78, 5) is 30.6. The van der Waals surface area contributed by atoms with Gasteiger partial charge in [0.05, 0.1) is 26.8 Å². The minimum absolute atomic E-state index is 0.0246. The summed E-state index contributed by atoms with van der Waals surface area (Å²) in [5.41, 5.74) is -2.48. The van der Waals surface area contributed by atoms with Crippen LogP contribution in [0.5, 0.6) is 17.4 Å². The lowest BCUT2D eigenvalue weighted by Crippen LogP contribution is -2.34. The van der Waals surface area contributed by atoms with Gasteiger partial charge in [0.1, 0.15) is 6.61 Å². The number of alkyl halides is 2. The van der Waals surface area contributed by atoms with E-state index in [4.69, 9.17) is 32.7 Å². The van der Waals surface area contributed by atoms with Crippen LogP contribution < -0.4 is 20.7 Å². The maximum absolute atomic E-state index is 13.1. The topological polar surface area (TPSA) is 99.1 Å². The molecule has 0 bridgehead atoms. The number of hydrogen-bond donors (Lipinski definition) is 1. The zero-order chi connectivity index (χ0) is 26.5. The molecule has 2 aromatic heterocycles. The smallest absolute Gasteiger partial charge is 0.349 e. The van der Waals surface area contributed by atoms with Crippen molar-refractivity contribution in [1.29, 1.82) is 0 Å². The molecule has 0 aliphatic carbocycles. The first-order valence-corrected chi connectivity index (χ1v) is 12.5. The molecule has 0 fully saturated rings. The highest BCUT2D eigenvalue weighted by Crippen LogP contribution is 2.39. The van der Waals surface area contributed by atoms with Gasteiger partial charge in [-0.15, -0.1) is 11.8 Å². The number of H-pyrrole nitrogens is 1. The van der Waals surface area contributed by atoms with E-state index in [1.54, 1.807) is 11.1 Å². The van der Waals surface area contributed by atoms with Crippen LogP contribution in [0.1, 0.15) is 24.6 Å². The molecule has 0 amide bonds. The first-order valence-electron chi connectivity index (χ1n) is 10.7. The van der Waals surface area contributed by atoms with Crippen LogP contribution in [0.2, 0.25) is 10.0 Å². The lowest BCUT2D eigenvalue weighted by atomic mass is 10.2. The summed E-state index contributed by atoms with van der Waals surface area (Å²) < 4.78 is 38.5. The zero-order valence-corrected chi connectivity index (χ0v) is 21.4. The van der Waals surface area contributed by atoms with Gasteiger partial charge in [0.25, 0.3) is 12.0 Å². The maximum atomic E-state index is 13.1. The highest BCUT2D eigenvalue weighted by molar-refractivity contribution is 7.99. The van der Waals surface area contributed by atoms with Crippen LogP contribution in [0.4, 0.5) is 8.78 Å². The molecule has 8 nitrogen and oxygen atoms in total. The molecule has 192 valence electrons. The number of nitrogens with zero attached hydrogens (tertiary/aromatic N) is 3. The monoisotopic (exact) mass is 566 g/mol. The average Bonchev–Trinajstić information content (AvgIpc) is 2.86. The Bertz CT molecular complexity index is 1510. The summed E-state index contributed by atoms with van der Waals surface area (Å²) in [6.07, 6.45) is -1.66. The van der Waals surface area contributed by atoms with E-state index in [2.05, 4.69) is 10.1 Å². The van der Waals surface area contributed by atoms with Crippen LogP contribution in [0, 0.1) is 0 Å². The summed E-state index contributed by atoms with van der Waals surface area (Å²) in [7, 11) is 0. The second kappa shape index (κ2) is 11.8. The second-order valence-corrected chi connectivity index (χ2v) is 9.49. The van der Waals surface area contributed by atoms with E-state index in [1.807, 2.05) is 37.3 Å². The van der Waals surface area contributed by atoms with Gasteiger partial charge in [0.2, 0.25) is 5.88 Å². The number of pyridine rings is 1. The number of ether oxygens (including phenoxy) is 2. The van der Waals surface area contributed by atoms with Gasteiger partial charge in [0.15, 0.2) is 17.2 Å². The van der Waals surface area contributed by atoms with Crippen LogP contribution >= 0.6 is 35.0 Å². The number of nitrogens with one attached hydrogen (secondary N) is 1. The van der Waals surface area contributed by atoms with Crippen molar-refractivity contribution in [2.75, 3.05) is 5.75 Å². The molecule has 0 aliphatic rings. The van der Waals surface area contributed by atoms with E-state index in [9.17, 15) is 18.4 Å². The van der Waals surface area contributed by atoms with Crippen LogP contribution in [0.15, 0.2) is 69.2 Å². The van der Waals surface area contributed by atoms with E-state index < -0.39 is 23.4 Å². The number of thioether (sulfide) groups is 1. The van der Waals surface area contributed by atoms with E-state index in [0.29, 0.717) is 17.0 Å². The molecule has 4 aromatic rings. The van der Waals surface area contributed by atoms with Gasteiger partial charge >= 0.3 is 5.69 Å². The number of benzene rings is 2. The largest absolute Gasteiger partial charge is 0.486 e. The molecule has 0 spiro atoms. The number of hydrogen-bond acceptors (Lipinski definition) is 7. The average molecular weight is 567 g/mol. The third-order valence-corrected chi connectivity index (χ3v) is 6.32. The summed E-state index contributed by atoms with van der Waals surface area (Å²) in [6, 6.07) is 13.8. The molecule has 0 saturated carbocycles. The van der Waals surface area contributed by atoms with Crippen molar-refractivity contribution >= 4 is 35.0 Å². The van der Waals surface area contributed by atoms with Crippen molar-refractivity contribution in [3.63, 3.8) is 0 Å². The van der Waals surface area contributed by atoms with E-state index in [-0.39, 0.29) is 27.4 Å². The lowest BCUT2D eigenvalue weighted by Gasteiger charge is -2.14. The third-order valence-electron chi connectivity index (χ3n) is 4.84. The second-order valence-electron chi connectivity index (χ2n) is 7.37. The van der Waals surface area contributed by atoms with Crippen LogP contribution in [-0.4, -0.2) is 25.5 Å². The molecule has 0 unspecified atom stereocenters. The molecular weight excluding hydrogens is 549 g/mol. The van der Waals surface area contributed by atoms with Crippen LogP contribution in [0.25, 0.3) is 5.69 Å². The number of aromatic amines is 1. The molecule has 0 radical (unpaired) electrons. The van der Waals surface area contributed by atoms with Gasteiger partial charge in [0, 0.05) is 6.07 Å². The van der Waals surface area contributed by atoms with Gasteiger partial charge in [-0.25, -0.2) is 18.6 Å². The molecule has 4 rings (SSSR count). The first-order chi connectivity index (χ1) is 17.8. The quantitative estimate of drug-likeness (QED) is 0.246. The van der Waals surface area contributed by atoms with Crippen molar-refractivity contribution in [2.45, 2.75) is 24.9 Å². The number of halogens is 4. The molecule has 1 N–H and O–H groups in total. The Labute approximate surface area is 223 Å². The van der Waals surface area contributed by atoms with Crippen molar-refractivity contribution in [3.8, 4) is 23.1 Å². The molecule has 2 aromatic carbocycles. The van der Waals surface area contributed by atoms with E-state index in [1.165, 1.54) is 30.1 Å².